The molecule has 9 rings (SSSR count). The predicted molar refractivity (Wildman–Crippen MR) is 198 cm³/mol. The molecule has 0 amide bonds. The number of furan rings is 1. The molecule has 5 aromatic carbocycles. The minimum absolute atomic E-state index is 0.393. The number of hydrogen-bond donors (Lipinski definition) is 0. The summed E-state index contributed by atoms with van der Waals surface area (Å²) < 4.78 is 8.31. The second-order valence-corrected chi connectivity index (χ2v) is 12.7. The molecule has 0 radical (unpaired) electrons. The van der Waals surface area contributed by atoms with Gasteiger partial charge in [-0.25, -0.2) is 0 Å². The molecule has 2 heteroatoms. The summed E-state index contributed by atoms with van der Waals surface area (Å²) in [4.78, 5) is 0. The molecule has 1 unspecified atom stereocenters. The van der Waals surface area contributed by atoms with Gasteiger partial charge in [-0.05, 0) is 100 Å². The predicted octanol–water partition coefficient (Wildman–Crippen LogP) is 11.6. The molecule has 7 aromatic rings. The molecule has 0 saturated heterocycles. The summed E-state index contributed by atoms with van der Waals surface area (Å²) in [6.45, 7) is 12.2. The maximum atomic E-state index is 5.58. The van der Waals surface area contributed by atoms with Crippen molar-refractivity contribution in [2.24, 2.45) is 0 Å². The van der Waals surface area contributed by atoms with E-state index < -0.39 is 0 Å². The first-order valence-electron chi connectivity index (χ1n) is 16.1. The van der Waals surface area contributed by atoms with E-state index in [4.69, 9.17) is 4.42 Å². The Morgan fingerprint density at radius 1 is 0.733 bits per heavy atom. The van der Waals surface area contributed by atoms with E-state index in [1.807, 2.05) is 25.2 Å². The van der Waals surface area contributed by atoms with Gasteiger partial charge in [0.2, 0.25) is 0 Å². The van der Waals surface area contributed by atoms with Crippen LogP contribution in [-0.2, 0) is 0 Å². The van der Waals surface area contributed by atoms with Crippen LogP contribution >= 0.6 is 11.3 Å². The molecule has 0 fully saturated rings. The third kappa shape index (κ3) is 4.94. The quantitative estimate of drug-likeness (QED) is 0.192. The lowest BCUT2D eigenvalue weighted by molar-refractivity contribution is 0.518. The smallest absolute Gasteiger partial charge is 0.130 e. The van der Waals surface area contributed by atoms with E-state index in [0.717, 1.165) is 24.0 Å². The van der Waals surface area contributed by atoms with E-state index in [9.17, 15) is 0 Å². The molecule has 2 heterocycles. The van der Waals surface area contributed by atoms with Crippen molar-refractivity contribution in [1.82, 2.24) is 0 Å². The van der Waals surface area contributed by atoms with Gasteiger partial charge < -0.3 is 4.42 Å². The fourth-order valence-electron chi connectivity index (χ4n) is 7.03. The van der Waals surface area contributed by atoms with E-state index in [2.05, 4.69) is 130 Å². The monoisotopic (exact) mass is 602 g/mol. The van der Waals surface area contributed by atoms with E-state index in [1.54, 1.807) is 6.08 Å². The Morgan fingerprint density at radius 3 is 2.24 bits per heavy atom. The molecule has 0 aliphatic heterocycles. The average Bonchev–Trinajstić information content (AvgIpc) is 3.73. The van der Waals surface area contributed by atoms with Gasteiger partial charge in [-0.15, -0.1) is 11.3 Å². The molecule has 222 valence electrons. The number of rotatable bonds is 2. The molecule has 0 bridgehead atoms. The van der Waals surface area contributed by atoms with Crippen molar-refractivity contribution in [1.29, 1.82) is 0 Å². The molecule has 2 aromatic heterocycles. The number of benzene rings is 5. The highest BCUT2D eigenvalue weighted by Crippen LogP contribution is 2.50. The van der Waals surface area contributed by atoms with Gasteiger partial charge in [0.15, 0.2) is 0 Å². The molecular formula is C43H38OS. The summed E-state index contributed by atoms with van der Waals surface area (Å²) in [6, 6.07) is 36.0. The standard InChI is InChI=1S/C30H20S.C11H12O.C2H6/c1-18-26-15-19-7-2-3-8-20(19)16-27(26)25-11-6-10-22(30(18)25)21-13-14-24-23-9-4-5-12-28(23)31-29(24)17-21;1-3-10-8(2)9-6-4-5-7-11(9)12-10;1-2/h2-18H,1H3;3,6-7H,1,4-5H2,2H3;1-2H3. The van der Waals surface area contributed by atoms with Gasteiger partial charge in [0.1, 0.15) is 11.2 Å². The van der Waals surface area contributed by atoms with Crippen LogP contribution in [0.25, 0.3) is 71.4 Å². The SMILES string of the molecule is C=Cc1oc2c(c1C)=CCCC=2.CC.CC1c2cc3ccccc3cc2-c2cccc(-c3ccc4c(c3)sc3ccccc34)c21. The summed E-state index contributed by atoms with van der Waals surface area (Å²) >= 11 is 1.89. The Hall–Kier alpha value is -4.66. The van der Waals surface area contributed by atoms with E-state index in [1.165, 1.54) is 75.1 Å². The van der Waals surface area contributed by atoms with Gasteiger partial charge in [-0.2, -0.15) is 0 Å². The van der Waals surface area contributed by atoms with E-state index in [0.29, 0.717) is 5.92 Å². The normalized spacial score (nSPS) is 14.3. The molecule has 1 nitrogen and oxygen atoms in total. The van der Waals surface area contributed by atoms with Crippen molar-refractivity contribution in [2.75, 3.05) is 0 Å². The van der Waals surface area contributed by atoms with Crippen molar-refractivity contribution in [3.63, 3.8) is 0 Å². The minimum Gasteiger partial charge on any atom is -0.457 e. The maximum absolute atomic E-state index is 5.58. The molecule has 0 spiro atoms. The molecule has 0 saturated carbocycles. The van der Waals surface area contributed by atoms with E-state index in [-0.39, 0.29) is 0 Å². The van der Waals surface area contributed by atoms with E-state index >= 15 is 0 Å². The lowest BCUT2D eigenvalue weighted by Crippen LogP contribution is -2.23. The van der Waals surface area contributed by atoms with Crippen molar-refractivity contribution in [3.05, 3.63) is 137 Å². The zero-order chi connectivity index (χ0) is 31.1. The van der Waals surface area contributed by atoms with Crippen LogP contribution in [0, 0.1) is 6.92 Å². The molecule has 1 atom stereocenters. The van der Waals surface area contributed by atoms with Crippen molar-refractivity contribution < 1.29 is 4.42 Å². The first-order chi connectivity index (χ1) is 22.1. The lowest BCUT2D eigenvalue weighted by Gasteiger charge is -2.13. The summed E-state index contributed by atoms with van der Waals surface area (Å²) in [6.07, 6.45) is 8.38. The summed E-state index contributed by atoms with van der Waals surface area (Å²) in [5.41, 5.74) is 10.6. The second kappa shape index (κ2) is 12.0. The third-order valence-corrected chi connectivity index (χ3v) is 10.3. The topological polar surface area (TPSA) is 13.1 Å². The van der Waals surface area contributed by atoms with Crippen LogP contribution in [0.5, 0.6) is 0 Å². The van der Waals surface area contributed by atoms with Crippen LogP contribution in [0.3, 0.4) is 0 Å². The van der Waals surface area contributed by atoms with Crippen LogP contribution in [0.4, 0.5) is 0 Å². The fourth-order valence-corrected chi connectivity index (χ4v) is 8.17. The molecular weight excluding hydrogens is 565 g/mol. The van der Waals surface area contributed by atoms with Crippen LogP contribution in [0.15, 0.2) is 108 Å². The third-order valence-electron chi connectivity index (χ3n) is 9.19. The Kier molecular flexibility index (Phi) is 7.77. The molecule has 0 N–H and O–H groups in total. The Balaban J connectivity index is 0.000000195. The first-order valence-corrected chi connectivity index (χ1v) is 16.9. The van der Waals surface area contributed by atoms with Gasteiger partial charge >= 0.3 is 0 Å². The molecule has 2 aliphatic carbocycles. The van der Waals surface area contributed by atoms with Crippen LogP contribution in [0.2, 0.25) is 0 Å². The number of fused-ring (bicyclic) bond motifs is 8. The van der Waals surface area contributed by atoms with Gasteiger partial charge in [-0.1, -0.05) is 106 Å². The lowest BCUT2D eigenvalue weighted by atomic mass is 9.90. The van der Waals surface area contributed by atoms with Crippen molar-refractivity contribution >= 4 is 60.5 Å². The number of hydrogen-bond acceptors (Lipinski definition) is 2. The van der Waals surface area contributed by atoms with Gasteiger partial charge in [0.25, 0.3) is 0 Å². The Bertz CT molecular complexity index is 2350. The minimum atomic E-state index is 0.393. The first kappa shape index (κ1) is 29.1. The largest absolute Gasteiger partial charge is 0.457 e. The molecule has 45 heavy (non-hydrogen) atoms. The zero-order valence-corrected chi connectivity index (χ0v) is 27.3. The van der Waals surface area contributed by atoms with Crippen molar-refractivity contribution in [2.45, 2.75) is 46.5 Å². The van der Waals surface area contributed by atoms with Gasteiger partial charge in [0, 0.05) is 36.9 Å². The number of thiophene rings is 1. The highest BCUT2D eigenvalue weighted by molar-refractivity contribution is 7.25. The van der Waals surface area contributed by atoms with Crippen LogP contribution in [0.1, 0.15) is 62.0 Å². The average molecular weight is 603 g/mol. The highest BCUT2D eigenvalue weighted by Gasteiger charge is 2.28. The van der Waals surface area contributed by atoms with Crippen molar-refractivity contribution in [3.8, 4) is 22.3 Å². The Morgan fingerprint density at radius 2 is 1.44 bits per heavy atom. The summed E-state index contributed by atoms with van der Waals surface area (Å²) in [7, 11) is 0. The van der Waals surface area contributed by atoms with Crippen LogP contribution in [-0.4, -0.2) is 0 Å². The fraction of sp³-hybridized carbons (Fsp3) is 0.163. The summed E-state index contributed by atoms with van der Waals surface area (Å²) in [5, 5.41) is 6.63. The highest BCUT2D eigenvalue weighted by atomic mass is 32.1. The summed E-state index contributed by atoms with van der Waals surface area (Å²) in [5.74, 6) is 1.30. The van der Waals surface area contributed by atoms with Gasteiger partial charge in [-0.3, -0.25) is 0 Å². The van der Waals surface area contributed by atoms with Gasteiger partial charge in [0.05, 0.1) is 0 Å². The zero-order valence-electron chi connectivity index (χ0n) is 26.5. The second-order valence-electron chi connectivity index (χ2n) is 11.6. The molecule has 2 aliphatic rings. The Labute approximate surface area is 269 Å². The van der Waals surface area contributed by atoms with Crippen LogP contribution < -0.4 is 10.6 Å². The maximum Gasteiger partial charge on any atom is 0.130 e.